The summed E-state index contributed by atoms with van der Waals surface area (Å²) >= 11 is 0. The van der Waals surface area contributed by atoms with Crippen LogP contribution < -0.4 is 0 Å². The lowest BCUT2D eigenvalue weighted by Gasteiger charge is -2.40. The maximum Gasteiger partial charge on any atom is 0.256 e. The predicted octanol–water partition coefficient (Wildman–Crippen LogP) is 1.36. The lowest BCUT2D eigenvalue weighted by Crippen LogP contribution is -2.45. The van der Waals surface area contributed by atoms with Crippen molar-refractivity contribution >= 4 is 5.91 Å². The van der Waals surface area contributed by atoms with E-state index in [0.29, 0.717) is 23.8 Å². The molecule has 1 amide bonds. The average Bonchev–Trinajstić information content (AvgIpc) is 3.16. The fourth-order valence-electron chi connectivity index (χ4n) is 3.44. The fourth-order valence-corrected chi connectivity index (χ4v) is 3.44. The lowest BCUT2D eigenvalue weighted by molar-refractivity contribution is 0.0820. The number of nitrogens with one attached hydrogen (secondary N) is 1. The number of piperidine rings is 1. The van der Waals surface area contributed by atoms with Gasteiger partial charge in [0.2, 0.25) is 5.89 Å². The average molecular weight is 332 g/mol. The maximum atomic E-state index is 12.4. The number of hydrogen-bond donors (Lipinski definition) is 1. The van der Waals surface area contributed by atoms with E-state index in [-0.39, 0.29) is 11.3 Å². The molecule has 1 fully saturated rings. The predicted molar refractivity (Wildman–Crippen MR) is 87.5 cm³/mol. The minimum atomic E-state index is -0.158. The molecule has 0 aliphatic carbocycles. The van der Waals surface area contributed by atoms with Gasteiger partial charge in [-0.3, -0.25) is 14.8 Å². The molecule has 3 heterocycles. The third-order valence-corrected chi connectivity index (χ3v) is 4.59. The highest BCUT2D eigenvalue weighted by atomic mass is 16.5. The molecular formula is C16H24N6O2. The summed E-state index contributed by atoms with van der Waals surface area (Å²) < 4.78 is 5.05. The van der Waals surface area contributed by atoms with E-state index in [0.717, 1.165) is 31.6 Å². The Balaban J connectivity index is 1.80. The van der Waals surface area contributed by atoms with E-state index in [4.69, 9.17) is 4.52 Å². The van der Waals surface area contributed by atoms with Crippen molar-refractivity contribution in [3.63, 3.8) is 0 Å². The van der Waals surface area contributed by atoms with E-state index in [1.165, 1.54) is 0 Å². The third-order valence-electron chi connectivity index (χ3n) is 4.59. The van der Waals surface area contributed by atoms with Crippen LogP contribution in [0.3, 0.4) is 0 Å². The number of aromatic amines is 1. The zero-order chi connectivity index (χ0) is 17.3. The lowest BCUT2D eigenvalue weighted by atomic mass is 9.77. The van der Waals surface area contributed by atoms with Crippen LogP contribution in [0.15, 0.2) is 10.7 Å². The van der Waals surface area contributed by atoms with Gasteiger partial charge in [0.25, 0.3) is 5.91 Å². The third kappa shape index (κ3) is 3.19. The number of hydrogen-bond acceptors (Lipinski definition) is 6. The van der Waals surface area contributed by atoms with Crippen LogP contribution in [-0.2, 0) is 12.0 Å². The number of amides is 1. The van der Waals surface area contributed by atoms with E-state index in [1.807, 2.05) is 0 Å². The van der Waals surface area contributed by atoms with Gasteiger partial charge in [0.1, 0.15) is 0 Å². The van der Waals surface area contributed by atoms with Gasteiger partial charge < -0.3 is 9.42 Å². The molecule has 24 heavy (non-hydrogen) atoms. The number of carbonyl (C=O) groups is 1. The van der Waals surface area contributed by atoms with Crippen molar-refractivity contribution < 1.29 is 9.32 Å². The summed E-state index contributed by atoms with van der Waals surface area (Å²) in [6, 6.07) is 0. The normalized spacial score (nSPS) is 21.8. The Labute approximate surface area is 141 Å². The van der Waals surface area contributed by atoms with Crippen molar-refractivity contribution in [3.8, 4) is 0 Å². The van der Waals surface area contributed by atoms with Crippen LogP contribution in [0.5, 0.6) is 0 Å². The molecule has 0 radical (unpaired) electrons. The highest BCUT2D eigenvalue weighted by Gasteiger charge is 2.37. The van der Waals surface area contributed by atoms with Gasteiger partial charge in [0.05, 0.1) is 24.0 Å². The molecule has 0 unspecified atom stereocenters. The summed E-state index contributed by atoms with van der Waals surface area (Å²) in [6.07, 6.45) is 3.68. The summed E-state index contributed by atoms with van der Waals surface area (Å²) in [5.74, 6) is 1.26. The Morgan fingerprint density at radius 3 is 2.96 bits per heavy atom. The minimum Gasteiger partial charge on any atom is -0.345 e. The molecule has 8 nitrogen and oxygen atoms in total. The second-order valence-electron chi connectivity index (χ2n) is 6.96. The molecule has 1 aliphatic heterocycles. The van der Waals surface area contributed by atoms with Crippen LogP contribution in [0.2, 0.25) is 0 Å². The first-order valence-electron chi connectivity index (χ1n) is 8.16. The van der Waals surface area contributed by atoms with E-state index in [9.17, 15) is 4.79 Å². The number of aryl methyl sites for hydroxylation is 1. The molecule has 0 bridgehead atoms. The van der Waals surface area contributed by atoms with Crippen molar-refractivity contribution in [1.82, 2.24) is 30.1 Å². The minimum absolute atomic E-state index is 0.0223. The SMILES string of the molecule is Cc1nc(CN2CCC[C@@](C)(c3[nH]ncc3C(=O)N(C)C)C2)no1. The van der Waals surface area contributed by atoms with Crippen LogP contribution in [0, 0.1) is 6.92 Å². The molecular weight excluding hydrogens is 308 g/mol. The molecule has 1 saturated heterocycles. The second-order valence-corrected chi connectivity index (χ2v) is 6.96. The van der Waals surface area contributed by atoms with Gasteiger partial charge in [-0.2, -0.15) is 10.1 Å². The number of aromatic nitrogens is 4. The van der Waals surface area contributed by atoms with E-state index in [2.05, 4.69) is 32.2 Å². The summed E-state index contributed by atoms with van der Waals surface area (Å²) in [7, 11) is 3.51. The van der Waals surface area contributed by atoms with E-state index in [1.54, 1.807) is 32.1 Å². The van der Waals surface area contributed by atoms with Crippen LogP contribution in [-0.4, -0.2) is 63.2 Å². The Morgan fingerprint density at radius 1 is 1.50 bits per heavy atom. The van der Waals surface area contributed by atoms with Crippen molar-refractivity contribution in [2.45, 2.75) is 38.6 Å². The molecule has 2 aromatic rings. The monoisotopic (exact) mass is 332 g/mol. The summed E-state index contributed by atoms with van der Waals surface area (Å²) in [5.41, 5.74) is 1.41. The molecule has 0 spiro atoms. The topological polar surface area (TPSA) is 91.2 Å². The van der Waals surface area contributed by atoms with Crippen molar-refractivity contribution in [2.75, 3.05) is 27.2 Å². The van der Waals surface area contributed by atoms with Crippen molar-refractivity contribution in [3.05, 3.63) is 29.2 Å². The molecule has 2 aromatic heterocycles. The molecule has 1 atom stereocenters. The van der Waals surface area contributed by atoms with Gasteiger partial charge >= 0.3 is 0 Å². The highest BCUT2D eigenvalue weighted by Crippen LogP contribution is 2.35. The van der Waals surface area contributed by atoms with Gasteiger partial charge in [-0.15, -0.1) is 0 Å². The molecule has 0 aromatic carbocycles. The first-order valence-corrected chi connectivity index (χ1v) is 8.16. The van der Waals surface area contributed by atoms with Gasteiger partial charge in [0.15, 0.2) is 5.82 Å². The first kappa shape index (κ1) is 16.6. The number of nitrogens with zero attached hydrogens (tertiary/aromatic N) is 5. The van der Waals surface area contributed by atoms with Gasteiger partial charge in [-0.05, 0) is 19.4 Å². The van der Waals surface area contributed by atoms with Crippen molar-refractivity contribution in [2.24, 2.45) is 0 Å². The van der Waals surface area contributed by atoms with E-state index >= 15 is 0 Å². The van der Waals surface area contributed by atoms with Gasteiger partial charge in [-0.1, -0.05) is 12.1 Å². The summed E-state index contributed by atoms with van der Waals surface area (Å²) in [5, 5.41) is 11.2. The standard InChI is InChI=1S/C16H24N6O2/c1-11-18-13(20-24-11)9-22-7-5-6-16(2,10-22)14-12(8-17-19-14)15(23)21(3)4/h8H,5-7,9-10H2,1-4H3,(H,17,19)/t16-/m1/s1. The van der Waals surface area contributed by atoms with E-state index < -0.39 is 0 Å². The Morgan fingerprint density at radius 2 is 2.29 bits per heavy atom. The maximum absolute atomic E-state index is 12.4. The first-order chi connectivity index (χ1) is 11.4. The number of likely N-dealkylation sites (tertiary alicyclic amines) is 1. The van der Waals surface area contributed by atoms with Crippen LogP contribution in [0.1, 0.15) is 47.5 Å². The van der Waals surface area contributed by atoms with Crippen LogP contribution in [0.4, 0.5) is 0 Å². The molecule has 130 valence electrons. The molecule has 1 aliphatic rings. The van der Waals surface area contributed by atoms with Gasteiger partial charge in [0, 0.05) is 33.0 Å². The van der Waals surface area contributed by atoms with Crippen molar-refractivity contribution in [1.29, 1.82) is 0 Å². The Bertz CT molecular complexity index is 722. The fraction of sp³-hybridized carbons (Fsp3) is 0.625. The quantitative estimate of drug-likeness (QED) is 0.909. The summed E-state index contributed by atoms with van der Waals surface area (Å²) in [6.45, 7) is 6.42. The zero-order valence-electron chi connectivity index (χ0n) is 14.7. The molecule has 1 N–H and O–H groups in total. The Kier molecular flexibility index (Phi) is 4.40. The second kappa shape index (κ2) is 6.35. The molecule has 3 rings (SSSR count). The molecule has 8 heteroatoms. The number of rotatable bonds is 4. The van der Waals surface area contributed by atoms with Crippen LogP contribution in [0.25, 0.3) is 0 Å². The number of carbonyl (C=O) groups excluding carboxylic acids is 1. The highest BCUT2D eigenvalue weighted by molar-refractivity contribution is 5.95. The smallest absolute Gasteiger partial charge is 0.256 e. The number of H-pyrrole nitrogens is 1. The van der Waals surface area contributed by atoms with Crippen LogP contribution >= 0.6 is 0 Å². The summed E-state index contributed by atoms with van der Waals surface area (Å²) in [4.78, 5) is 20.6. The van der Waals surface area contributed by atoms with Gasteiger partial charge in [-0.25, -0.2) is 0 Å². The zero-order valence-corrected chi connectivity index (χ0v) is 14.7. The largest absolute Gasteiger partial charge is 0.345 e. The molecule has 0 saturated carbocycles. The Hall–Kier alpha value is -2.22.